The molecule has 0 saturated carbocycles. The van der Waals surface area contributed by atoms with Gasteiger partial charge in [0.25, 0.3) is 0 Å². The minimum absolute atomic E-state index is 0.0922. The highest BCUT2D eigenvalue weighted by molar-refractivity contribution is 7.10. The number of hydrogen-bond acceptors (Lipinski definition) is 3. The smallest absolute Gasteiger partial charge is 0.322 e. The number of nitrogens with one attached hydrogen (secondary N) is 1. The number of halogens is 2. The summed E-state index contributed by atoms with van der Waals surface area (Å²) in [6, 6.07) is 7.45. The van der Waals surface area contributed by atoms with E-state index in [1.54, 1.807) is 35.8 Å². The second kappa shape index (κ2) is 8.42. The van der Waals surface area contributed by atoms with Crippen LogP contribution in [-0.2, 0) is 6.42 Å². The summed E-state index contributed by atoms with van der Waals surface area (Å²) in [5, 5.41) is 6.21. The molecule has 4 nitrogen and oxygen atoms in total. The Bertz CT molecular complexity index is 1020. The quantitative estimate of drug-likeness (QED) is 0.447. The van der Waals surface area contributed by atoms with Crippen molar-refractivity contribution >= 4 is 46.3 Å². The van der Waals surface area contributed by atoms with Gasteiger partial charge in [-0.15, -0.1) is 11.3 Å². The summed E-state index contributed by atoms with van der Waals surface area (Å²) in [5.41, 5.74) is 3.23. The van der Waals surface area contributed by atoms with Gasteiger partial charge in [0.2, 0.25) is 0 Å². The first-order chi connectivity index (χ1) is 14.0. The normalized spacial score (nSPS) is 16.0. The number of fused-ring (bicyclic) bond motifs is 1. The zero-order valence-corrected chi connectivity index (χ0v) is 18.6. The maximum Gasteiger partial charge on any atom is 0.322 e. The number of rotatable bonds is 4. The van der Waals surface area contributed by atoms with E-state index < -0.39 is 0 Å². The van der Waals surface area contributed by atoms with Gasteiger partial charge in [-0.25, -0.2) is 4.79 Å². The third kappa shape index (κ3) is 3.79. The van der Waals surface area contributed by atoms with Crippen LogP contribution < -0.4 is 5.32 Å². The average molecular weight is 449 g/mol. The minimum atomic E-state index is -0.130. The van der Waals surface area contributed by atoms with Gasteiger partial charge in [0.05, 0.1) is 21.8 Å². The second-order valence-corrected chi connectivity index (χ2v) is 8.97. The standard InChI is InChI=1S/C22H22Cl2N2O2S/c1-3-5-18-14-9-11-29-19(14)8-10-26(18)22(27)25-21-13(2)28-12-15(21)20-16(23)6-4-7-17(20)24/h4,6-7,9,11-12,18H,3,5,8,10H2,1-2H3,(H,25,27)/t18-/m1/s1. The molecule has 0 aliphatic carbocycles. The molecule has 1 aromatic carbocycles. The Labute approximate surface area is 184 Å². The Morgan fingerprint density at radius 1 is 1.31 bits per heavy atom. The highest BCUT2D eigenvalue weighted by Gasteiger charge is 2.32. The molecule has 0 unspecified atom stereocenters. The number of anilines is 1. The number of thiophene rings is 1. The zero-order chi connectivity index (χ0) is 20.5. The third-order valence-corrected chi connectivity index (χ3v) is 6.98. The number of aryl methyl sites for hydroxylation is 1. The lowest BCUT2D eigenvalue weighted by Gasteiger charge is -2.36. The SMILES string of the molecule is CCC[C@@H]1c2ccsc2CCN1C(=O)Nc1c(-c2c(Cl)cccc2Cl)coc1C. The van der Waals surface area contributed by atoms with Crippen molar-refractivity contribution in [3.05, 3.63) is 62.2 Å². The molecule has 0 radical (unpaired) electrons. The molecule has 3 aromatic rings. The predicted octanol–water partition coefficient (Wildman–Crippen LogP) is 7.55. The number of carbonyl (C=O) groups is 1. The van der Waals surface area contributed by atoms with E-state index in [2.05, 4.69) is 23.7 Å². The van der Waals surface area contributed by atoms with E-state index in [0.29, 0.717) is 39.2 Å². The molecule has 152 valence electrons. The molecule has 29 heavy (non-hydrogen) atoms. The number of amides is 2. The molecule has 0 spiro atoms. The molecule has 1 aliphatic heterocycles. The molecule has 2 aromatic heterocycles. The molecular weight excluding hydrogens is 427 g/mol. The minimum Gasteiger partial charge on any atom is -0.467 e. The van der Waals surface area contributed by atoms with Crippen LogP contribution in [-0.4, -0.2) is 17.5 Å². The van der Waals surface area contributed by atoms with E-state index in [4.69, 9.17) is 27.6 Å². The molecule has 4 rings (SSSR count). The largest absolute Gasteiger partial charge is 0.467 e. The molecule has 1 aliphatic rings. The molecule has 1 atom stereocenters. The lowest BCUT2D eigenvalue weighted by atomic mass is 9.96. The number of furan rings is 1. The summed E-state index contributed by atoms with van der Waals surface area (Å²) in [4.78, 5) is 16.6. The Morgan fingerprint density at radius 2 is 2.07 bits per heavy atom. The number of carbonyl (C=O) groups excluding carboxylic acids is 1. The molecule has 0 bridgehead atoms. The highest BCUT2D eigenvalue weighted by atomic mass is 35.5. The van der Waals surface area contributed by atoms with Crippen LogP contribution in [0.15, 0.2) is 40.3 Å². The van der Waals surface area contributed by atoms with Crippen LogP contribution in [0.3, 0.4) is 0 Å². The number of benzene rings is 1. The maximum absolute atomic E-state index is 13.3. The van der Waals surface area contributed by atoms with Gasteiger partial charge in [0.1, 0.15) is 12.0 Å². The van der Waals surface area contributed by atoms with Gasteiger partial charge in [-0.3, -0.25) is 0 Å². The summed E-state index contributed by atoms with van der Waals surface area (Å²) < 4.78 is 5.62. The lowest BCUT2D eigenvalue weighted by molar-refractivity contribution is 0.178. The van der Waals surface area contributed by atoms with E-state index in [1.807, 2.05) is 11.8 Å². The van der Waals surface area contributed by atoms with Gasteiger partial charge in [0, 0.05) is 22.5 Å². The molecule has 1 N–H and O–H groups in total. The van der Waals surface area contributed by atoms with Crippen molar-refractivity contribution in [3.63, 3.8) is 0 Å². The van der Waals surface area contributed by atoms with Crippen molar-refractivity contribution in [2.75, 3.05) is 11.9 Å². The second-order valence-electron chi connectivity index (χ2n) is 7.15. The highest BCUT2D eigenvalue weighted by Crippen LogP contribution is 2.42. The van der Waals surface area contributed by atoms with Crippen molar-refractivity contribution in [1.82, 2.24) is 4.90 Å². The molecule has 0 fully saturated rings. The number of hydrogen-bond donors (Lipinski definition) is 1. The zero-order valence-electron chi connectivity index (χ0n) is 16.3. The van der Waals surface area contributed by atoms with Crippen LogP contribution in [0.25, 0.3) is 11.1 Å². The predicted molar refractivity (Wildman–Crippen MR) is 120 cm³/mol. The van der Waals surface area contributed by atoms with Gasteiger partial charge in [0.15, 0.2) is 0 Å². The van der Waals surface area contributed by atoms with E-state index in [1.165, 1.54) is 10.4 Å². The monoisotopic (exact) mass is 448 g/mol. The molecule has 0 saturated heterocycles. The first-order valence-electron chi connectivity index (χ1n) is 9.67. The van der Waals surface area contributed by atoms with Crippen LogP contribution in [0, 0.1) is 6.92 Å². The van der Waals surface area contributed by atoms with Gasteiger partial charge in [-0.1, -0.05) is 42.6 Å². The van der Waals surface area contributed by atoms with Crippen molar-refractivity contribution in [1.29, 1.82) is 0 Å². The maximum atomic E-state index is 13.3. The fraction of sp³-hybridized carbons (Fsp3) is 0.318. The van der Waals surface area contributed by atoms with Crippen molar-refractivity contribution in [3.8, 4) is 11.1 Å². The van der Waals surface area contributed by atoms with Crippen molar-refractivity contribution in [2.45, 2.75) is 39.2 Å². The molecule has 3 heterocycles. The van der Waals surface area contributed by atoms with Gasteiger partial charge < -0.3 is 14.6 Å². The van der Waals surface area contributed by atoms with Crippen LogP contribution in [0.4, 0.5) is 10.5 Å². The fourth-order valence-electron chi connectivity index (χ4n) is 3.95. The summed E-state index contributed by atoms with van der Waals surface area (Å²) in [6.45, 7) is 4.66. The van der Waals surface area contributed by atoms with Crippen molar-refractivity contribution in [2.24, 2.45) is 0 Å². The summed E-state index contributed by atoms with van der Waals surface area (Å²) in [7, 11) is 0. The van der Waals surface area contributed by atoms with E-state index in [9.17, 15) is 4.79 Å². The van der Waals surface area contributed by atoms with E-state index >= 15 is 0 Å². The Balaban J connectivity index is 1.65. The first-order valence-corrected chi connectivity index (χ1v) is 11.3. The van der Waals surface area contributed by atoms with Crippen LogP contribution in [0.5, 0.6) is 0 Å². The molecule has 7 heteroatoms. The lowest BCUT2D eigenvalue weighted by Crippen LogP contribution is -2.42. The average Bonchev–Trinajstić information content (AvgIpc) is 3.30. The van der Waals surface area contributed by atoms with Gasteiger partial charge in [-0.2, -0.15) is 0 Å². The Morgan fingerprint density at radius 3 is 2.79 bits per heavy atom. The van der Waals surface area contributed by atoms with Crippen LogP contribution in [0.1, 0.15) is 42.0 Å². The van der Waals surface area contributed by atoms with Gasteiger partial charge in [-0.05, 0) is 48.9 Å². The summed E-state index contributed by atoms with van der Waals surface area (Å²) in [5.74, 6) is 0.615. The van der Waals surface area contributed by atoms with E-state index in [0.717, 1.165) is 19.3 Å². The van der Waals surface area contributed by atoms with Crippen LogP contribution in [0.2, 0.25) is 10.0 Å². The van der Waals surface area contributed by atoms with Gasteiger partial charge >= 0.3 is 6.03 Å². The molecule has 2 amide bonds. The summed E-state index contributed by atoms with van der Waals surface area (Å²) in [6.07, 6.45) is 4.42. The Hall–Kier alpha value is -1.95. The topological polar surface area (TPSA) is 45.5 Å². The van der Waals surface area contributed by atoms with Crippen LogP contribution >= 0.6 is 34.5 Å². The molecular formula is C22H22Cl2N2O2S. The fourth-order valence-corrected chi connectivity index (χ4v) is 5.48. The van der Waals surface area contributed by atoms with E-state index in [-0.39, 0.29) is 12.1 Å². The third-order valence-electron chi connectivity index (χ3n) is 5.36. The summed E-state index contributed by atoms with van der Waals surface area (Å²) >= 11 is 14.6. The van der Waals surface area contributed by atoms with Crippen molar-refractivity contribution < 1.29 is 9.21 Å². The number of urea groups is 1. The first kappa shape index (κ1) is 20.3. The number of nitrogens with zero attached hydrogens (tertiary/aromatic N) is 1. The Kier molecular flexibility index (Phi) is 5.91.